The minimum absolute atomic E-state index is 0.181. The average Bonchev–Trinajstić information content (AvgIpc) is 2.68. The maximum Gasteiger partial charge on any atom is 0.253 e. The van der Waals surface area contributed by atoms with E-state index in [4.69, 9.17) is 11.6 Å². The Labute approximate surface area is 164 Å². The molecule has 27 heavy (non-hydrogen) atoms. The van der Waals surface area contributed by atoms with Crippen LogP contribution in [0, 0.1) is 0 Å². The fraction of sp³-hybridized carbons (Fsp3) is 0.368. The maximum absolute atomic E-state index is 13.0. The molecule has 1 aliphatic rings. The van der Waals surface area contributed by atoms with Crippen molar-refractivity contribution >= 4 is 27.5 Å². The van der Waals surface area contributed by atoms with E-state index in [0.29, 0.717) is 35.7 Å². The van der Waals surface area contributed by atoms with E-state index < -0.39 is 15.3 Å². The molecule has 3 rings (SSSR count). The number of carbonyl (C=O) groups is 1. The lowest BCUT2D eigenvalue weighted by Crippen LogP contribution is -2.48. The molecule has 0 saturated carbocycles. The predicted octanol–water partition coefficient (Wildman–Crippen LogP) is 2.80. The van der Waals surface area contributed by atoms with E-state index in [1.54, 1.807) is 54.5 Å². The molecule has 144 valence electrons. The van der Waals surface area contributed by atoms with Gasteiger partial charge in [-0.3, -0.25) is 9.78 Å². The summed E-state index contributed by atoms with van der Waals surface area (Å²) in [5.74, 6) is -0.190. The first-order valence-corrected chi connectivity index (χ1v) is 10.7. The summed E-state index contributed by atoms with van der Waals surface area (Å²) in [5, 5.41) is -0.139. The second-order valence-electron chi connectivity index (χ2n) is 6.65. The summed E-state index contributed by atoms with van der Waals surface area (Å²) in [6.45, 7) is 0.934. The Morgan fingerprint density at radius 1 is 1.30 bits per heavy atom. The Hall–Kier alpha value is -1.96. The van der Waals surface area contributed by atoms with Gasteiger partial charge in [0.05, 0.1) is 17.5 Å². The number of halogens is 1. The molecule has 1 aromatic heterocycles. The number of nitrogens with zero attached hydrogens (tertiary/aromatic N) is 3. The van der Waals surface area contributed by atoms with Crippen LogP contribution in [0.2, 0.25) is 5.02 Å². The van der Waals surface area contributed by atoms with Crippen LogP contribution < -0.4 is 0 Å². The highest BCUT2D eigenvalue weighted by Gasteiger charge is 2.35. The van der Waals surface area contributed by atoms with Gasteiger partial charge in [0.15, 0.2) is 0 Å². The van der Waals surface area contributed by atoms with E-state index in [0.717, 1.165) is 0 Å². The standard InChI is InChI=1S/C19H22ClN3O3S/c1-22(13-17-8-2-3-10-21-17)27(25,26)18-9-5-11-23(14-18)19(24)15-6-4-7-16(20)12-15/h2-4,6-8,10,12,18H,5,9,11,13-14H2,1H3. The first-order valence-electron chi connectivity index (χ1n) is 8.78. The van der Waals surface area contributed by atoms with Crippen molar-refractivity contribution in [3.63, 3.8) is 0 Å². The lowest BCUT2D eigenvalue weighted by molar-refractivity contribution is 0.0725. The number of likely N-dealkylation sites (tertiary alicyclic amines) is 1. The molecule has 0 radical (unpaired) electrons. The van der Waals surface area contributed by atoms with Gasteiger partial charge in [-0.25, -0.2) is 8.42 Å². The zero-order valence-corrected chi connectivity index (χ0v) is 16.7. The van der Waals surface area contributed by atoms with E-state index >= 15 is 0 Å². The third-order valence-electron chi connectivity index (χ3n) is 4.70. The zero-order chi connectivity index (χ0) is 19.4. The molecule has 1 fully saturated rings. The van der Waals surface area contributed by atoms with Crippen LogP contribution >= 0.6 is 11.6 Å². The Bertz CT molecular complexity index is 905. The van der Waals surface area contributed by atoms with Gasteiger partial charge < -0.3 is 4.90 Å². The zero-order valence-electron chi connectivity index (χ0n) is 15.1. The van der Waals surface area contributed by atoms with Crippen LogP contribution in [0.3, 0.4) is 0 Å². The SMILES string of the molecule is CN(Cc1ccccn1)S(=O)(=O)C1CCCN(C(=O)c2cccc(Cl)c2)C1. The van der Waals surface area contributed by atoms with Crippen LogP contribution in [-0.4, -0.2) is 53.9 Å². The van der Waals surface area contributed by atoms with E-state index in [1.807, 2.05) is 6.07 Å². The van der Waals surface area contributed by atoms with Crippen molar-refractivity contribution in [3.05, 3.63) is 64.9 Å². The number of sulfonamides is 1. The number of hydrogen-bond donors (Lipinski definition) is 0. The van der Waals surface area contributed by atoms with Gasteiger partial charge in [-0.15, -0.1) is 0 Å². The fourth-order valence-electron chi connectivity index (χ4n) is 3.23. The highest BCUT2D eigenvalue weighted by Crippen LogP contribution is 2.23. The van der Waals surface area contributed by atoms with Crippen LogP contribution in [0.1, 0.15) is 28.9 Å². The average molecular weight is 408 g/mol. The largest absolute Gasteiger partial charge is 0.337 e. The maximum atomic E-state index is 13.0. The quantitative estimate of drug-likeness (QED) is 0.764. The summed E-state index contributed by atoms with van der Waals surface area (Å²) in [5.41, 5.74) is 1.16. The minimum Gasteiger partial charge on any atom is -0.337 e. The minimum atomic E-state index is -3.54. The summed E-state index contributed by atoms with van der Waals surface area (Å²) < 4.78 is 27.3. The first-order chi connectivity index (χ1) is 12.9. The van der Waals surface area contributed by atoms with Crippen LogP contribution in [0.5, 0.6) is 0 Å². The van der Waals surface area contributed by atoms with Crippen LogP contribution in [0.4, 0.5) is 0 Å². The number of hydrogen-bond acceptors (Lipinski definition) is 4. The van der Waals surface area contributed by atoms with Gasteiger partial charge >= 0.3 is 0 Å². The van der Waals surface area contributed by atoms with E-state index in [9.17, 15) is 13.2 Å². The van der Waals surface area contributed by atoms with Gasteiger partial charge in [0, 0.05) is 36.9 Å². The number of rotatable bonds is 5. The van der Waals surface area contributed by atoms with Gasteiger partial charge in [0.25, 0.3) is 5.91 Å². The Morgan fingerprint density at radius 2 is 2.11 bits per heavy atom. The molecular weight excluding hydrogens is 386 g/mol. The normalized spacial score (nSPS) is 17.9. The summed E-state index contributed by atoms with van der Waals surface area (Å²) in [7, 11) is -1.99. The Morgan fingerprint density at radius 3 is 2.81 bits per heavy atom. The number of amides is 1. The summed E-state index contributed by atoms with van der Waals surface area (Å²) >= 11 is 5.97. The smallest absolute Gasteiger partial charge is 0.253 e. The number of piperidine rings is 1. The molecule has 1 saturated heterocycles. The first kappa shape index (κ1) is 19.8. The molecule has 0 spiro atoms. The van der Waals surface area contributed by atoms with Gasteiger partial charge in [0.1, 0.15) is 0 Å². The summed E-state index contributed by atoms with van der Waals surface area (Å²) in [6.07, 6.45) is 2.82. The second-order valence-corrected chi connectivity index (χ2v) is 9.40. The number of aromatic nitrogens is 1. The van der Waals surface area contributed by atoms with Crippen molar-refractivity contribution < 1.29 is 13.2 Å². The van der Waals surface area contributed by atoms with Gasteiger partial charge in [-0.1, -0.05) is 23.7 Å². The molecule has 1 aromatic carbocycles. The molecule has 1 unspecified atom stereocenters. The molecular formula is C19H22ClN3O3S. The van der Waals surface area contributed by atoms with Gasteiger partial charge in [-0.2, -0.15) is 4.31 Å². The van der Waals surface area contributed by atoms with E-state index in [1.165, 1.54) is 4.31 Å². The van der Waals surface area contributed by atoms with Crippen LogP contribution in [0.15, 0.2) is 48.7 Å². The molecule has 0 aliphatic carbocycles. The topological polar surface area (TPSA) is 70.6 Å². The summed E-state index contributed by atoms with van der Waals surface area (Å²) in [6, 6.07) is 12.1. The highest BCUT2D eigenvalue weighted by molar-refractivity contribution is 7.89. The third kappa shape index (κ3) is 4.66. The molecule has 8 heteroatoms. The van der Waals surface area contributed by atoms with Crippen molar-refractivity contribution in [3.8, 4) is 0 Å². The molecule has 1 amide bonds. The number of carbonyl (C=O) groups excluding carboxylic acids is 1. The molecule has 2 heterocycles. The third-order valence-corrected chi connectivity index (χ3v) is 7.16. The van der Waals surface area contributed by atoms with Crippen molar-refractivity contribution in [2.75, 3.05) is 20.1 Å². The predicted molar refractivity (Wildman–Crippen MR) is 105 cm³/mol. The van der Waals surface area contributed by atoms with Crippen LogP contribution in [-0.2, 0) is 16.6 Å². The summed E-state index contributed by atoms with van der Waals surface area (Å²) in [4.78, 5) is 18.5. The second kappa shape index (κ2) is 8.37. The lowest BCUT2D eigenvalue weighted by atomic mass is 10.1. The Balaban J connectivity index is 1.71. The lowest BCUT2D eigenvalue weighted by Gasteiger charge is -2.34. The fourth-order valence-corrected chi connectivity index (χ4v) is 5.08. The Kier molecular flexibility index (Phi) is 6.14. The molecule has 6 nitrogen and oxygen atoms in total. The monoisotopic (exact) mass is 407 g/mol. The molecule has 1 aliphatic heterocycles. The van der Waals surface area contributed by atoms with Crippen LogP contribution in [0.25, 0.3) is 0 Å². The van der Waals surface area contributed by atoms with Crippen molar-refractivity contribution in [2.24, 2.45) is 0 Å². The van der Waals surface area contributed by atoms with E-state index in [2.05, 4.69) is 4.98 Å². The number of benzene rings is 1. The van der Waals surface area contributed by atoms with Crippen molar-refractivity contribution in [1.82, 2.24) is 14.2 Å². The van der Waals surface area contributed by atoms with Gasteiger partial charge in [-0.05, 0) is 43.2 Å². The molecule has 1 atom stereocenters. The van der Waals surface area contributed by atoms with Crippen molar-refractivity contribution in [1.29, 1.82) is 0 Å². The molecule has 2 aromatic rings. The highest BCUT2D eigenvalue weighted by atomic mass is 35.5. The van der Waals surface area contributed by atoms with Gasteiger partial charge in [0.2, 0.25) is 10.0 Å². The van der Waals surface area contributed by atoms with Crippen molar-refractivity contribution in [2.45, 2.75) is 24.6 Å². The number of pyridine rings is 1. The van der Waals surface area contributed by atoms with E-state index in [-0.39, 0.29) is 19.0 Å². The molecule has 0 bridgehead atoms. The molecule has 0 N–H and O–H groups in total.